The van der Waals surface area contributed by atoms with E-state index in [9.17, 15) is 13.2 Å². The van der Waals surface area contributed by atoms with Crippen LogP contribution in [0.1, 0.15) is 23.7 Å². The number of fused-ring (bicyclic) bond motifs is 1. The molecule has 132 valence electrons. The van der Waals surface area contributed by atoms with Crippen molar-refractivity contribution in [1.29, 1.82) is 0 Å². The van der Waals surface area contributed by atoms with Gasteiger partial charge in [0.2, 0.25) is 6.79 Å². The molecule has 8 heteroatoms. The largest absolute Gasteiger partial charge is 0.454 e. The molecule has 0 saturated heterocycles. The number of ether oxygens (including phenoxy) is 2. The lowest BCUT2D eigenvalue weighted by molar-refractivity contribution is 0.0953. The maximum Gasteiger partial charge on any atom is 0.261 e. The van der Waals surface area contributed by atoms with Gasteiger partial charge in [0.05, 0.1) is 10.6 Å². The van der Waals surface area contributed by atoms with Crippen LogP contribution in [-0.4, -0.2) is 27.7 Å². The lowest BCUT2D eigenvalue weighted by Gasteiger charge is -2.10. The van der Waals surface area contributed by atoms with Crippen molar-refractivity contribution in [1.82, 2.24) is 5.32 Å². The first-order valence-electron chi connectivity index (χ1n) is 7.80. The summed E-state index contributed by atoms with van der Waals surface area (Å²) in [5.41, 5.74) is 0.645. The number of hydrogen-bond donors (Lipinski definition) is 2. The van der Waals surface area contributed by atoms with Crippen LogP contribution < -0.4 is 19.5 Å². The second kappa shape index (κ2) is 7.02. The van der Waals surface area contributed by atoms with Crippen molar-refractivity contribution < 1.29 is 22.7 Å². The van der Waals surface area contributed by atoms with E-state index in [1.165, 1.54) is 18.2 Å². The SMILES string of the molecule is CCCNC(=O)c1cccc(S(=O)(=O)Nc2ccc3c(c2)OCO3)c1. The molecule has 2 N–H and O–H groups in total. The topological polar surface area (TPSA) is 93.7 Å². The summed E-state index contributed by atoms with van der Waals surface area (Å²) >= 11 is 0. The molecule has 7 nitrogen and oxygen atoms in total. The minimum atomic E-state index is -3.83. The van der Waals surface area contributed by atoms with Gasteiger partial charge in [-0.05, 0) is 36.8 Å². The highest BCUT2D eigenvalue weighted by Gasteiger charge is 2.19. The number of sulfonamides is 1. The predicted molar refractivity (Wildman–Crippen MR) is 92.4 cm³/mol. The number of rotatable bonds is 6. The Morgan fingerprint density at radius 2 is 1.92 bits per heavy atom. The second-order valence-corrected chi connectivity index (χ2v) is 7.14. The zero-order valence-electron chi connectivity index (χ0n) is 13.6. The molecule has 0 aliphatic carbocycles. The van der Waals surface area contributed by atoms with Crippen LogP contribution in [0.25, 0.3) is 0 Å². The summed E-state index contributed by atoms with van der Waals surface area (Å²) in [5.74, 6) is 0.743. The van der Waals surface area contributed by atoms with Crippen molar-refractivity contribution in [3.8, 4) is 11.5 Å². The molecule has 25 heavy (non-hydrogen) atoms. The highest BCUT2D eigenvalue weighted by Crippen LogP contribution is 2.34. The lowest BCUT2D eigenvalue weighted by Crippen LogP contribution is -2.24. The Balaban J connectivity index is 1.81. The first-order chi connectivity index (χ1) is 12.0. The van der Waals surface area contributed by atoms with Gasteiger partial charge in [-0.25, -0.2) is 8.42 Å². The van der Waals surface area contributed by atoms with Gasteiger partial charge < -0.3 is 14.8 Å². The summed E-state index contributed by atoms with van der Waals surface area (Å²) in [7, 11) is -3.83. The van der Waals surface area contributed by atoms with Crippen LogP contribution in [0.4, 0.5) is 5.69 Å². The number of carbonyl (C=O) groups excluding carboxylic acids is 1. The lowest BCUT2D eigenvalue weighted by atomic mass is 10.2. The molecular weight excluding hydrogens is 344 g/mol. The molecule has 3 rings (SSSR count). The average molecular weight is 362 g/mol. The predicted octanol–water partition coefficient (Wildman–Crippen LogP) is 2.36. The van der Waals surface area contributed by atoms with E-state index < -0.39 is 10.0 Å². The molecule has 2 aromatic rings. The molecule has 0 fully saturated rings. The van der Waals surface area contributed by atoms with Gasteiger partial charge in [0.15, 0.2) is 11.5 Å². The van der Waals surface area contributed by atoms with E-state index in [0.717, 1.165) is 6.42 Å². The van der Waals surface area contributed by atoms with Crippen LogP contribution in [0.5, 0.6) is 11.5 Å². The number of benzene rings is 2. The summed E-state index contributed by atoms with van der Waals surface area (Å²) < 4.78 is 38.1. The molecule has 0 aromatic heterocycles. The summed E-state index contributed by atoms with van der Waals surface area (Å²) in [5, 5.41) is 2.72. The van der Waals surface area contributed by atoms with Crippen molar-refractivity contribution >= 4 is 21.6 Å². The summed E-state index contributed by atoms with van der Waals surface area (Å²) in [6.45, 7) is 2.59. The van der Waals surface area contributed by atoms with Crippen LogP contribution in [0.3, 0.4) is 0 Å². The third-order valence-corrected chi connectivity index (χ3v) is 4.95. The standard InChI is InChI=1S/C17H18N2O5S/c1-2-8-18-17(20)12-4-3-5-14(9-12)25(21,22)19-13-6-7-15-16(10-13)24-11-23-15/h3-7,9-10,19H,2,8,11H2,1H3,(H,18,20). The van der Waals surface area contributed by atoms with Gasteiger partial charge in [-0.1, -0.05) is 13.0 Å². The third-order valence-electron chi connectivity index (χ3n) is 3.57. The van der Waals surface area contributed by atoms with Crippen LogP contribution in [0, 0.1) is 0 Å². The van der Waals surface area contributed by atoms with Gasteiger partial charge in [-0.2, -0.15) is 0 Å². The van der Waals surface area contributed by atoms with E-state index in [0.29, 0.717) is 29.3 Å². The highest BCUT2D eigenvalue weighted by molar-refractivity contribution is 7.92. The van der Waals surface area contributed by atoms with Gasteiger partial charge in [0.1, 0.15) is 0 Å². The molecular formula is C17H18N2O5S. The normalized spacial score (nSPS) is 12.7. The van der Waals surface area contributed by atoms with Gasteiger partial charge in [0, 0.05) is 18.2 Å². The van der Waals surface area contributed by atoms with Crippen molar-refractivity contribution in [3.63, 3.8) is 0 Å². The molecule has 1 aliphatic heterocycles. The zero-order chi connectivity index (χ0) is 17.9. The molecule has 1 heterocycles. The molecule has 0 unspecified atom stereocenters. The Hall–Kier alpha value is -2.74. The molecule has 1 amide bonds. The van der Waals surface area contributed by atoms with E-state index in [1.54, 1.807) is 24.3 Å². The van der Waals surface area contributed by atoms with Gasteiger partial charge >= 0.3 is 0 Å². The average Bonchev–Trinajstić information content (AvgIpc) is 3.07. The Morgan fingerprint density at radius 3 is 2.72 bits per heavy atom. The Bertz CT molecular complexity index is 896. The molecule has 0 saturated carbocycles. The number of carbonyl (C=O) groups is 1. The Labute approximate surface area is 146 Å². The molecule has 0 radical (unpaired) electrons. The maximum absolute atomic E-state index is 12.6. The quantitative estimate of drug-likeness (QED) is 0.823. The summed E-state index contributed by atoms with van der Waals surface area (Å²) in [6, 6.07) is 10.7. The van der Waals surface area contributed by atoms with Gasteiger partial charge in [-0.3, -0.25) is 9.52 Å². The van der Waals surface area contributed by atoms with Crippen LogP contribution in [0.15, 0.2) is 47.4 Å². The monoisotopic (exact) mass is 362 g/mol. The van der Waals surface area contributed by atoms with Crippen molar-refractivity contribution in [2.45, 2.75) is 18.2 Å². The van der Waals surface area contributed by atoms with E-state index in [4.69, 9.17) is 9.47 Å². The summed E-state index contributed by atoms with van der Waals surface area (Å²) in [6.07, 6.45) is 0.801. The van der Waals surface area contributed by atoms with Crippen LogP contribution >= 0.6 is 0 Å². The van der Waals surface area contributed by atoms with E-state index in [2.05, 4.69) is 10.0 Å². The Morgan fingerprint density at radius 1 is 1.12 bits per heavy atom. The minimum Gasteiger partial charge on any atom is -0.454 e. The van der Waals surface area contributed by atoms with E-state index in [1.807, 2.05) is 6.92 Å². The smallest absolute Gasteiger partial charge is 0.261 e. The number of anilines is 1. The number of nitrogens with one attached hydrogen (secondary N) is 2. The zero-order valence-corrected chi connectivity index (χ0v) is 14.4. The van der Waals surface area contributed by atoms with Gasteiger partial charge in [-0.15, -0.1) is 0 Å². The first-order valence-corrected chi connectivity index (χ1v) is 9.28. The summed E-state index contributed by atoms with van der Waals surface area (Å²) in [4.78, 5) is 12.0. The fourth-order valence-corrected chi connectivity index (χ4v) is 3.41. The minimum absolute atomic E-state index is 0.00863. The number of amides is 1. The molecule has 1 aliphatic rings. The van der Waals surface area contributed by atoms with Crippen molar-refractivity contribution in [3.05, 3.63) is 48.0 Å². The first kappa shape index (κ1) is 17.1. The van der Waals surface area contributed by atoms with E-state index >= 15 is 0 Å². The Kier molecular flexibility index (Phi) is 4.80. The number of hydrogen-bond acceptors (Lipinski definition) is 5. The van der Waals surface area contributed by atoms with Crippen molar-refractivity contribution in [2.75, 3.05) is 18.1 Å². The fourth-order valence-electron chi connectivity index (χ4n) is 2.32. The highest BCUT2D eigenvalue weighted by atomic mass is 32.2. The third kappa shape index (κ3) is 3.85. The second-order valence-electron chi connectivity index (χ2n) is 5.46. The molecule has 2 aromatic carbocycles. The molecule has 0 atom stereocenters. The fraction of sp³-hybridized carbons (Fsp3) is 0.235. The maximum atomic E-state index is 12.6. The van der Waals surface area contributed by atoms with E-state index in [-0.39, 0.29) is 17.6 Å². The van der Waals surface area contributed by atoms with Crippen LogP contribution in [0.2, 0.25) is 0 Å². The molecule has 0 bridgehead atoms. The van der Waals surface area contributed by atoms with Gasteiger partial charge in [0.25, 0.3) is 15.9 Å². The molecule has 0 spiro atoms. The van der Waals surface area contributed by atoms with Crippen LogP contribution in [-0.2, 0) is 10.0 Å². The van der Waals surface area contributed by atoms with Crippen molar-refractivity contribution in [2.24, 2.45) is 0 Å².